The minimum Gasteiger partial charge on any atom is -0.505 e. The topological polar surface area (TPSA) is 66.6 Å². The lowest BCUT2D eigenvalue weighted by Gasteiger charge is -2.32. The number of nitrogens with zero attached hydrogens (tertiary/aromatic N) is 1. The fourth-order valence-electron chi connectivity index (χ4n) is 3.14. The summed E-state index contributed by atoms with van der Waals surface area (Å²) in [5.41, 5.74) is 7.69. The van der Waals surface area contributed by atoms with E-state index in [-0.39, 0.29) is 11.7 Å². The van der Waals surface area contributed by atoms with Crippen molar-refractivity contribution in [1.29, 1.82) is 0 Å². The van der Waals surface area contributed by atoms with Crippen LogP contribution >= 0.6 is 0 Å². The van der Waals surface area contributed by atoms with Crippen molar-refractivity contribution >= 4 is 5.91 Å². The minimum atomic E-state index is -0.675. The molecule has 1 aliphatic heterocycles. The highest BCUT2D eigenvalue weighted by Crippen LogP contribution is 2.26. The number of hydrogen-bond donors (Lipinski definition) is 2. The number of benzene rings is 2. The number of carbonyl (C=O) groups is 1. The second-order valence-corrected chi connectivity index (χ2v) is 6.24. The normalized spacial score (nSPS) is 17.8. The van der Waals surface area contributed by atoms with Crippen LogP contribution in [0.4, 0.5) is 4.39 Å². The first kappa shape index (κ1) is 16.5. The van der Waals surface area contributed by atoms with Crippen molar-refractivity contribution in [1.82, 2.24) is 4.90 Å². The van der Waals surface area contributed by atoms with Gasteiger partial charge in [0.1, 0.15) is 0 Å². The van der Waals surface area contributed by atoms with Gasteiger partial charge in [0.05, 0.1) is 0 Å². The summed E-state index contributed by atoms with van der Waals surface area (Å²) < 4.78 is 13.6. The third-order valence-electron chi connectivity index (χ3n) is 4.53. The highest BCUT2D eigenvalue weighted by molar-refractivity contribution is 5.95. The predicted molar refractivity (Wildman–Crippen MR) is 91.2 cm³/mol. The van der Waals surface area contributed by atoms with Crippen molar-refractivity contribution in [3.8, 4) is 16.9 Å². The molecule has 0 spiro atoms. The molecule has 1 aliphatic rings. The summed E-state index contributed by atoms with van der Waals surface area (Å²) in [6.45, 7) is 2.03. The highest BCUT2D eigenvalue weighted by atomic mass is 19.1. The molecule has 0 saturated carbocycles. The van der Waals surface area contributed by atoms with E-state index < -0.39 is 5.82 Å². The van der Waals surface area contributed by atoms with E-state index in [1.807, 2.05) is 11.0 Å². The molecule has 0 unspecified atom stereocenters. The Balaban J connectivity index is 1.84. The van der Waals surface area contributed by atoms with Gasteiger partial charge in [-0.25, -0.2) is 4.39 Å². The van der Waals surface area contributed by atoms with Gasteiger partial charge in [-0.2, -0.15) is 0 Å². The van der Waals surface area contributed by atoms with Crippen molar-refractivity contribution in [3.63, 3.8) is 0 Å². The van der Waals surface area contributed by atoms with E-state index in [1.54, 1.807) is 24.3 Å². The number of likely N-dealkylation sites (tertiary alicyclic amines) is 1. The second kappa shape index (κ2) is 7.01. The molecule has 3 rings (SSSR count). The SMILES string of the molecule is NC[C@H]1CCCN(C(=O)c2cccc(-c3ccc(O)c(F)c3)c2)C1. The fraction of sp³-hybridized carbons (Fsp3) is 0.316. The average molecular weight is 328 g/mol. The molecule has 1 fully saturated rings. The van der Waals surface area contributed by atoms with E-state index in [2.05, 4.69) is 0 Å². The number of phenolic OH excluding ortho intramolecular Hbond substituents is 1. The van der Waals surface area contributed by atoms with Crippen LogP contribution in [0, 0.1) is 11.7 Å². The number of halogens is 1. The molecular formula is C19H21FN2O2. The molecule has 2 aromatic rings. The molecule has 5 heteroatoms. The van der Waals surface area contributed by atoms with Crippen LogP contribution in [0.2, 0.25) is 0 Å². The second-order valence-electron chi connectivity index (χ2n) is 6.24. The summed E-state index contributed by atoms with van der Waals surface area (Å²) in [4.78, 5) is 14.6. The third-order valence-corrected chi connectivity index (χ3v) is 4.53. The lowest BCUT2D eigenvalue weighted by atomic mass is 9.97. The van der Waals surface area contributed by atoms with Gasteiger partial charge in [-0.3, -0.25) is 4.79 Å². The molecule has 0 radical (unpaired) electrons. The Kier molecular flexibility index (Phi) is 4.81. The Morgan fingerprint density at radius 1 is 1.25 bits per heavy atom. The Hall–Kier alpha value is -2.40. The van der Waals surface area contributed by atoms with Gasteiger partial charge in [-0.1, -0.05) is 18.2 Å². The maximum Gasteiger partial charge on any atom is 0.253 e. The molecule has 1 amide bonds. The first-order valence-electron chi connectivity index (χ1n) is 8.17. The number of phenols is 1. The maximum atomic E-state index is 13.6. The number of piperidine rings is 1. The molecule has 126 valence electrons. The zero-order valence-corrected chi connectivity index (χ0v) is 13.4. The van der Waals surface area contributed by atoms with Gasteiger partial charge >= 0.3 is 0 Å². The molecule has 4 nitrogen and oxygen atoms in total. The van der Waals surface area contributed by atoms with E-state index in [1.165, 1.54) is 12.1 Å². The Bertz CT molecular complexity index is 748. The Labute approximate surface area is 140 Å². The molecule has 24 heavy (non-hydrogen) atoms. The molecule has 0 aromatic heterocycles. The standard InChI is InChI=1S/C19H21FN2O2/c20-17-10-15(6-7-18(17)23)14-4-1-5-16(9-14)19(24)22-8-2-3-13(11-21)12-22/h1,4-7,9-10,13,23H,2-3,8,11-12,21H2/t13-/m1/s1. The molecule has 2 aromatic carbocycles. The quantitative estimate of drug-likeness (QED) is 0.910. The van der Waals surface area contributed by atoms with Crippen molar-refractivity contribution < 1.29 is 14.3 Å². The highest BCUT2D eigenvalue weighted by Gasteiger charge is 2.23. The summed E-state index contributed by atoms with van der Waals surface area (Å²) in [5.74, 6) is -0.718. The van der Waals surface area contributed by atoms with Crippen LogP contribution in [-0.2, 0) is 0 Å². The summed E-state index contributed by atoms with van der Waals surface area (Å²) in [6, 6.07) is 11.4. The number of aromatic hydroxyl groups is 1. The lowest BCUT2D eigenvalue weighted by Crippen LogP contribution is -2.42. The van der Waals surface area contributed by atoms with Gasteiger partial charge < -0.3 is 15.7 Å². The average Bonchev–Trinajstić information content (AvgIpc) is 2.63. The largest absolute Gasteiger partial charge is 0.505 e. The predicted octanol–water partition coefficient (Wildman–Crippen LogP) is 3.01. The van der Waals surface area contributed by atoms with E-state index in [9.17, 15) is 14.3 Å². The maximum absolute atomic E-state index is 13.6. The van der Waals surface area contributed by atoms with E-state index in [0.717, 1.165) is 24.9 Å². The monoisotopic (exact) mass is 328 g/mol. The number of nitrogens with two attached hydrogens (primary N) is 1. The van der Waals surface area contributed by atoms with Gasteiger partial charge in [0, 0.05) is 18.7 Å². The Morgan fingerprint density at radius 2 is 2.04 bits per heavy atom. The summed E-state index contributed by atoms with van der Waals surface area (Å²) in [5, 5.41) is 9.31. The summed E-state index contributed by atoms with van der Waals surface area (Å²) >= 11 is 0. The van der Waals surface area contributed by atoms with Gasteiger partial charge in [0.15, 0.2) is 11.6 Å². The Morgan fingerprint density at radius 3 is 2.79 bits per heavy atom. The molecule has 1 heterocycles. The van der Waals surface area contributed by atoms with Gasteiger partial charge in [-0.05, 0) is 60.7 Å². The van der Waals surface area contributed by atoms with Gasteiger partial charge in [0.25, 0.3) is 5.91 Å². The molecular weight excluding hydrogens is 307 g/mol. The minimum absolute atomic E-state index is 0.0192. The van der Waals surface area contributed by atoms with Crippen LogP contribution in [-0.4, -0.2) is 35.5 Å². The molecule has 0 aliphatic carbocycles. The van der Waals surface area contributed by atoms with E-state index >= 15 is 0 Å². The van der Waals surface area contributed by atoms with Gasteiger partial charge in [0.2, 0.25) is 0 Å². The molecule has 1 atom stereocenters. The fourth-order valence-corrected chi connectivity index (χ4v) is 3.14. The van der Waals surface area contributed by atoms with E-state index in [0.29, 0.717) is 30.1 Å². The van der Waals surface area contributed by atoms with Gasteiger partial charge in [-0.15, -0.1) is 0 Å². The first-order chi connectivity index (χ1) is 11.6. The number of carbonyl (C=O) groups excluding carboxylic acids is 1. The van der Waals surface area contributed by atoms with Crippen molar-refractivity contribution in [2.45, 2.75) is 12.8 Å². The number of hydrogen-bond acceptors (Lipinski definition) is 3. The van der Waals surface area contributed by atoms with Crippen LogP contribution in [0.5, 0.6) is 5.75 Å². The third kappa shape index (κ3) is 3.41. The van der Waals surface area contributed by atoms with Crippen molar-refractivity contribution in [2.75, 3.05) is 19.6 Å². The summed E-state index contributed by atoms with van der Waals surface area (Å²) in [7, 11) is 0. The van der Waals surface area contributed by atoms with Crippen LogP contribution in [0.1, 0.15) is 23.2 Å². The van der Waals surface area contributed by atoms with Crippen LogP contribution in [0.25, 0.3) is 11.1 Å². The van der Waals surface area contributed by atoms with Crippen LogP contribution in [0.15, 0.2) is 42.5 Å². The molecule has 1 saturated heterocycles. The summed E-state index contributed by atoms with van der Waals surface area (Å²) in [6.07, 6.45) is 2.03. The lowest BCUT2D eigenvalue weighted by molar-refractivity contribution is 0.0678. The number of amides is 1. The zero-order valence-electron chi connectivity index (χ0n) is 13.4. The van der Waals surface area contributed by atoms with Crippen molar-refractivity contribution in [2.24, 2.45) is 11.7 Å². The zero-order chi connectivity index (χ0) is 17.1. The van der Waals surface area contributed by atoms with Crippen LogP contribution < -0.4 is 5.73 Å². The first-order valence-corrected chi connectivity index (χ1v) is 8.17. The van der Waals surface area contributed by atoms with Crippen molar-refractivity contribution in [3.05, 3.63) is 53.8 Å². The van der Waals surface area contributed by atoms with E-state index in [4.69, 9.17) is 5.73 Å². The van der Waals surface area contributed by atoms with Crippen LogP contribution in [0.3, 0.4) is 0 Å². The number of rotatable bonds is 3. The smallest absolute Gasteiger partial charge is 0.253 e. The molecule has 0 bridgehead atoms. The molecule has 3 N–H and O–H groups in total.